The summed E-state index contributed by atoms with van der Waals surface area (Å²) in [5, 5.41) is 0. The van der Waals surface area contributed by atoms with Crippen molar-refractivity contribution < 1.29 is 9.47 Å². The van der Waals surface area contributed by atoms with E-state index in [4.69, 9.17) is 9.47 Å². The number of unbranched alkanes of at least 4 members (excludes halogenated alkanes) is 7. The first-order valence-electron chi connectivity index (χ1n) is 16.9. The number of rotatable bonds is 17. The summed E-state index contributed by atoms with van der Waals surface area (Å²) in [7, 11) is 0. The lowest BCUT2D eigenvalue weighted by Gasteiger charge is -2.15. The van der Waals surface area contributed by atoms with E-state index in [0.717, 1.165) is 61.3 Å². The molecule has 0 atom stereocenters. The standard InChI is InChI=1S/C40H42N4O4/c45-37-31-39(43(35-25-15-9-16-26-35)41(37)33-21-11-7-12-22-33)47-29-19-5-3-1-2-4-6-20-30-48-40-32-38(46)42(34-23-13-8-14-24-34)44(40)36-27-17-10-18-28-36/h7-18,21-28,31-32H,1-6,19-20,29-30H2. The molecule has 0 radical (unpaired) electrons. The van der Waals surface area contributed by atoms with Gasteiger partial charge in [-0.2, -0.15) is 0 Å². The van der Waals surface area contributed by atoms with Crippen molar-refractivity contribution in [3.05, 3.63) is 154 Å². The Bertz CT molecular complexity index is 1820. The first kappa shape index (κ1) is 32.4. The zero-order chi connectivity index (χ0) is 33.0. The number of aromatic nitrogens is 4. The molecule has 0 saturated carbocycles. The largest absolute Gasteiger partial charge is 0.478 e. The van der Waals surface area contributed by atoms with E-state index in [-0.39, 0.29) is 11.1 Å². The lowest BCUT2D eigenvalue weighted by atomic mass is 10.1. The zero-order valence-corrected chi connectivity index (χ0v) is 27.2. The van der Waals surface area contributed by atoms with Crippen molar-refractivity contribution in [1.29, 1.82) is 0 Å². The van der Waals surface area contributed by atoms with Crippen LogP contribution in [0.25, 0.3) is 22.7 Å². The first-order chi connectivity index (χ1) is 23.7. The van der Waals surface area contributed by atoms with Crippen LogP contribution in [0.4, 0.5) is 0 Å². The SMILES string of the molecule is O=c1cc(OCCCCCCCCCCOc2cc(=O)n(-c3ccccc3)n2-c2ccccc2)n(-c2ccccc2)n1-c1ccccc1. The van der Waals surface area contributed by atoms with Gasteiger partial charge in [-0.3, -0.25) is 9.59 Å². The molecule has 0 aliphatic heterocycles. The van der Waals surface area contributed by atoms with Gasteiger partial charge >= 0.3 is 0 Å². The number of para-hydroxylation sites is 4. The van der Waals surface area contributed by atoms with Gasteiger partial charge in [-0.15, -0.1) is 0 Å². The average molecular weight is 643 g/mol. The van der Waals surface area contributed by atoms with Gasteiger partial charge in [-0.25, -0.2) is 18.7 Å². The van der Waals surface area contributed by atoms with Crippen LogP contribution in [0, 0.1) is 0 Å². The van der Waals surface area contributed by atoms with Crippen LogP contribution in [0.2, 0.25) is 0 Å². The highest BCUT2D eigenvalue weighted by Crippen LogP contribution is 2.22. The Hall–Kier alpha value is -5.50. The number of hydrogen-bond donors (Lipinski definition) is 0. The van der Waals surface area contributed by atoms with E-state index < -0.39 is 0 Å². The number of hydrogen-bond acceptors (Lipinski definition) is 4. The first-order valence-corrected chi connectivity index (χ1v) is 16.9. The summed E-state index contributed by atoms with van der Waals surface area (Å²) in [5.74, 6) is 1.10. The number of ether oxygens (including phenoxy) is 2. The molecule has 0 aliphatic rings. The van der Waals surface area contributed by atoms with Crippen molar-refractivity contribution in [2.45, 2.75) is 51.4 Å². The van der Waals surface area contributed by atoms with Crippen molar-refractivity contribution in [2.24, 2.45) is 0 Å². The highest BCUT2D eigenvalue weighted by Gasteiger charge is 2.17. The van der Waals surface area contributed by atoms with Gasteiger partial charge in [0.05, 0.1) is 48.1 Å². The van der Waals surface area contributed by atoms with Crippen LogP contribution < -0.4 is 20.6 Å². The predicted octanol–water partition coefficient (Wildman–Crippen LogP) is 8.15. The van der Waals surface area contributed by atoms with E-state index in [1.165, 1.54) is 12.8 Å². The summed E-state index contributed by atoms with van der Waals surface area (Å²) in [5.41, 5.74) is 3.09. The van der Waals surface area contributed by atoms with Gasteiger partial charge in [0, 0.05) is 0 Å². The van der Waals surface area contributed by atoms with E-state index >= 15 is 0 Å². The Kier molecular flexibility index (Phi) is 11.1. The third kappa shape index (κ3) is 7.89. The van der Waals surface area contributed by atoms with Gasteiger partial charge in [-0.05, 0) is 61.4 Å². The monoisotopic (exact) mass is 642 g/mol. The minimum atomic E-state index is -0.124. The molecule has 8 nitrogen and oxygen atoms in total. The molecular weight excluding hydrogens is 600 g/mol. The Morgan fingerprint density at radius 3 is 0.938 bits per heavy atom. The summed E-state index contributed by atoms with van der Waals surface area (Å²) in [4.78, 5) is 26.0. The lowest BCUT2D eigenvalue weighted by molar-refractivity contribution is 0.280. The van der Waals surface area contributed by atoms with Gasteiger partial charge in [0.2, 0.25) is 11.8 Å². The summed E-state index contributed by atoms with van der Waals surface area (Å²) in [6.45, 7) is 1.12. The molecule has 0 aliphatic carbocycles. The van der Waals surface area contributed by atoms with Crippen LogP contribution in [0.5, 0.6) is 11.8 Å². The molecule has 48 heavy (non-hydrogen) atoms. The molecule has 2 heterocycles. The highest BCUT2D eigenvalue weighted by atomic mass is 16.5. The molecule has 0 fully saturated rings. The number of benzene rings is 4. The normalized spacial score (nSPS) is 11.1. The van der Waals surface area contributed by atoms with Crippen LogP contribution >= 0.6 is 0 Å². The van der Waals surface area contributed by atoms with Crippen LogP contribution in [0.1, 0.15) is 51.4 Å². The summed E-state index contributed by atoms with van der Waals surface area (Å²) < 4.78 is 19.3. The van der Waals surface area contributed by atoms with Crippen LogP contribution in [-0.4, -0.2) is 31.9 Å². The molecule has 0 unspecified atom stereocenters. The van der Waals surface area contributed by atoms with Gasteiger partial charge in [0.15, 0.2) is 0 Å². The fraction of sp³-hybridized carbons (Fsp3) is 0.250. The molecule has 0 N–H and O–H groups in total. The summed E-state index contributed by atoms with van der Waals surface area (Å²) in [6, 6.07) is 42.1. The second-order valence-corrected chi connectivity index (χ2v) is 11.8. The molecule has 246 valence electrons. The molecule has 6 aromatic rings. The van der Waals surface area contributed by atoms with Crippen LogP contribution in [0.15, 0.2) is 143 Å². The minimum absolute atomic E-state index is 0.124. The topological polar surface area (TPSA) is 72.3 Å². The van der Waals surface area contributed by atoms with E-state index in [1.807, 2.05) is 131 Å². The van der Waals surface area contributed by atoms with Gasteiger partial charge in [0.25, 0.3) is 11.1 Å². The quantitative estimate of drug-likeness (QED) is 0.0942. The van der Waals surface area contributed by atoms with Crippen LogP contribution in [0.3, 0.4) is 0 Å². The number of nitrogens with zero attached hydrogens (tertiary/aromatic N) is 4. The molecule has 0 spiro atoms. The molecule has 0 bridgehead atoms. The van der Waals surface area contributed by atoms with E-state index in [2.05, 4.69) is 0 Å². The second-order valence-electron chi connectivity index (χ2n) is 11.8. The molecule has 0 saturated heterocycles. The zero-order valence-electron chi connectivity index (χ0n) is 27.2. The maximum absolute atomic E-state index is 13.0. The van der Waals surface area contributed by atoms with Gasteiger partial charge in [-0.1, -0.05) is 111 Å². The Balaban J connectivity index is 0.921. The molecule has 2 aromatic heterocycles. The molecule has 4 aromatic carbocycles. The third-order valence-corrected chi connectivity index (χ3v) is 8.27. The Morgan fingerprint density at radius 2 is 0.625 bits per heavy atom. The lowest BCUT2D eigenvalue weighted by Crippen LogP contribution is -2.20. The smallest absolute Gasteiger partial charge is 0.275 e. The van der Waals surface area contributed by atoms with E-state index in [0.29, 0.717) is 25.0 Å². The fourth-order valence-corrected chi connectivity index (χ4v) is 5.92. The van der Waals surface area contributed by atoms with Gasteiger partial charge < -0.3 is 9.47 Å². The molecular formula is C40H42N4O4. The Labute approximate surface area is 281 Å². The second kappa shape index (κ2) is 16.4. The summed E-state index contributed by atoms with van der Waals surface area (Å²) >= 11 is 0. The molecule has 6 rings (SSSR count). The maximum Gasteiger partial charge on any atom is 0.275 e. The Morgan fingerprint density at radius 1 is 0.354 bits per heavy atom. The van der Waals surface area contributed by atoms with Gasteiger partial charge in [0.1, 0.15) is 0 Å². The van der Waals surface area contributed by atoms with Crippen molar-refractivity contribution in [3.63, 3.8) is 0 Å². The van der Waals surface area contributed by atoms with E-state index in [1.54, 1.807) is 21.5 Å². The fourth-order valence-electron chi connectivity index (χ4n) is 5.92. The molecule has 0 amide bonds. The van der Waals surface area contributed by atoms with Crippen molar-refractivity contribution in [3.8, 4) is 34.5 Å². The van der Waals surface area contributed by atoms with Crippen LogP contribution in [-0.2, 0) is 0 Å². The highest BCUT2D eigenvalue weighted by molar-refractivity contribution is 5.41. The van der Waals surface area contributed by atoms with Crippen molar-refractivity contribution in [1.82, 2.24) is 18.7 Å². The maximum atomic E-state index is 13.0. The third-order valence-electron chi connectivity index (χ3n) is 8.27. The predicted molar refractivity (Wildman–Crippen MR) is 191 cm³/mol. The van der Waals surface area contributed by atoms with Crippen molar-refractivity contribution >= 4 is 0 Å². The molecule has 8 heteroatoms. The summed E-state index contributed by atoms with van der Waals surface area (Å²) in [6.07, 6.45) is 8.65. The van der Waals surface area contributed by atoms with E-state index in [9.17, 15) is 9.59 Å². The average Bonchev–Trinajstić information content (AvgIpc) is 3.65. The van der Waals surface area contributed by atoms with Crippen molar-refractivity contribution in [2.75, 3.05) is 13.2 Å². The minimum Gasteiger partial charge on any atom is -0.478 e.